The minimum atomic E-state index is -0.586. The van der Waals surface area contributed by atoms with Crippen molar-refractivity contribution in [3.05, 3.63) is 70.1 Å². The summed E-state index contributed by atoms with van der Waals surface area (Å²) >= 11 is 0. The lowest BCUT2D eigenvalue weighted by Gasteiger charge is -2.47. The Morgan fingerprint density at radius 2 is 1.93 bits per heavy atom. The van der Waals surface area contributed by atoms with E-state index in [1.807, 2.05) is 41.3 Å². The maximum absolute atomic E-state index is 13.0. The molecule has 3 heterocycles. The fraction of sp³-hybridized carbons (Fsp3) is 0.429. The largest absolute Gasteiger partial charge is 0.394 e. The highest BCUT2D eigenvalue weighted by atomic mass is 16.3. The van der Waals surface area contributed by atoms with Gasteiger partial charge in [0.15, 0.2) is 0 Å². The second-order valence-electron chi connectivity index (χ2n) is 7.64. The Kier molecular flexibility index (Phi) is 4.85. The van der Waals surface area contributed by atoms with Gasteiger partial charge in [-0.15, -0.1) is 0 Å². The number of nitrogens with zero attached hydrogens (tertiary/aromatic N) is 2. The van der Waals surface area contributed by atoms with Crippen LogP contribution in [0.4, 0.5) is 0 Å². The summed E-state index contributed by atoms with van der Waals surface area (Å²) in [7, 11) is 0. The molecule has 1 fully saturated rings. The molecular weight excluding hydrogens is 342 g/mol. The number of likely N-dealkylation sites (tertiary alicyclic amines) is 1. The quantitative estimate of drug-likeness (QED) is 0.840. The number of hydrogen-bond acceptors (Lipinski definition) is 4. The zero-order valence-electron chi connectivity index (χ0n) is 15.2. The van der Waals surface area contributed by atoms with E-state index in [2.05, 4.69) is 0 Å². The molecule has 2 aliphatic rings. The fourth-order valence-electron chi connectivity index (χ4n) is 4.65. The van der Waals surface area contributed by atoms with E-state index in [1.165, 1.54) is 6.07 Å². The van der Waals surface area contributed by atoms with E-state index in [0.717, 1.165) is 17.7 Å². The van der Waals surface area contributed by atoms with Crippen molar-refractivity contribution in [3.63, 3.8) is 0 Å². The summed E-state index contributed by atoms with van der Waals surface area (Å²) in [6, 6.07) is 14.1. The molecule has 3 N–H and O–H groups in total. The van der Waals surface area contributed by atoms with Crippen LogP contribution in [0.1, 0.15) is 29.6 Å². The standard InChI is InChI=1S/C21H25N3O3/c22-17(9-14-5-2-1-3-6-14)21(27)23-11-15-10-16(12-23)19(13-25)24-18(15)7-4-8-20(24)26/h1-8,15-17,19,25H,9-13,22H2/t15-,16+,17-,19+/m1/s1. The molecule has 0 spiro atoms. The summed E-state index contributed by atoms with van der Waals surface area (Å²) in [6.45, 7) is 0.996. The van der Waals surface area contributed by atoms with E-state index in [1.54, 1.807) is 10.6 Å². The minimum absolute atomic E-state index is 0.0584. The van der Waals surface area contributed by atoms with Crippen LogP contribution in [-0.4, -0.2) is 46.2 Å². The van der Waals surface area contributed by atoms with Crippen molar-refractivity contribution in [2.75, 3.05) is 19.7 Å². The van der Waals surface area contributed by atoms with Gasteiger partial charge in [-0.3, -0.25) is 9.59 Å². The molecule has 2 aromatic rings. The number of pyridine rings is 1. The Labute approximate surface area is 158 Å². The molecule has 1 aromatic heterocycles. The zero-order valence-corrected chi connectivity index (χ0v) is 15.2. The summed E-state index contributed by atoms with van der Waals surface area (Å²) in [5.41, 5.74) is 8.09. The van der Waals surface area contributed by atoms with Crippen LogP contribution in [0.5, 0.6) is 0 Å². The van der Waals surface area contributed by atoms with Crippen LogP contribution in [0.3, 0.4) is 0 Å². The second kappa shape index (κ2) is 7.29. The highest BCUT2D eigenvalue weighted by molar-refractivity contribution is 5.82. The summed E-state index contributed by atoms with van der Waals surface area (Å²) in [5.74, 6) is 0.111. The van der Waals surface area contributed by atoms with Gasteiger partial charge in [0.05, 0.1) is 18.7 Å². The number of benzene rings is 1. The number of aliphatic hydroxyl groups excluding tert-OH is 1. The number of rotatable bonds is 4. The number of carbonyl (C=O) groups excluding carboxylic acids is 1. The van der Waals surface area contributed by atoms with Crippen molar-refractivity contribution in [3.8, 4) is 0 Å². The molecule has 0 aliphatic carbocycles. The molecule has 1 saturated heterocycles. The van der Waals surface area contributed by atoms with Gasteiger partial charge in [-0.25, -0.2) is 0 Å². The number of carbonyl (C=O) groups is 1. The number of fused-ring (bicyclic) bond motifs is 4. The SMILES string of the molecule is N[C@H](Cc1ccccc1)C(=O)N1C[C@H]2C[C@@H](C1)[C@H](CO)n1c2cccc1=O. The van der Waals surface area contributed by atoms with Crippen LogP contribution in [0.25, 0.3) is 0 Å². The predicted molar refractivity (Wildman–Crippen MR) is 102 cm³/mol. The molecule has 6 nitrogen and oxygen atoms in total. The van der Waals surface area contributed by atoms with Crippen LogP contribution in [0, 0.1) is 5.92 Å². The first-order chi connectivity index (χ1) is 13.1. The topological polar surface area (TPSA) is 88.6 Å². The van der Waals surface area contributed by atoms with Crippen molar-refractivity contribution in [1.82, 2.24) is 9.47 Å². The molecule has 1 aromatic carbocycles. The van der Waals surface area contributed by atoms with Crippen LogP contribution < -0.4 is 11.3 Å². The first-order valence-electron chi connectivity index (χ1n) is 9.49. The summed E-state index contributed by atoms with van der Waals surface area (Å²) in [4.78, 5) is 27.1. The van der Waals surface area contributed by atoms with Gasteiger partial charge < -0.3 is 20.3 Å². The van der Waals surface area contributed by atoms with Crippen LogP contribution in [0.2, 0.25) is 0 Å². The molecular formula is C21H25N3O3. The number of aromatic nitrogens is 1. The van der Waals surface area contributed by atoms with E-state index in [0.29, 0.717) is 19.5 Å². The molecule has 2 aliphatic heterocycles. The maximum Gasteiger partial charge on any atom is 0.251 e. The van der Waals surface area contributed by atoms with Gasteiger partial charge in [-0.1, -0.05) is 36.4 Å². The van der Waals surface area contributed by atoms with Gasteiger partial charge in [-0.2, -0.15) is 0 Å². The third kappa shape index (κ3) is 3.31. The molecule has 0 radical (unpaired) electrons. The van der Waals surface area contributed by atoms with Gasteiger partial charge >= 0.3 is 0 Å². The normalized spacial score (nSPS) is 25.0. The van der Waals surface area contributed by atoms with Crippen molar-refractivity contribution in [2.24, 2.45) is 11.7 Å². The van der Waals surface area contributed by atoms with E-state index in [4.69, 9.17) is 5.73 Å². The average Bonchev–Trinajstić information content (AvgIpc) is 2.69. The monoisotopic (exact) mass is 367 g/mol. The van der Waals surface area contributed by atoms with Crippen molar-refractivity contribution >= 4 is 5.91 Å². The van der Waals surface area contributed by atoms with Gasteiger partial charge in [0, 0.05) is 36.7 Å². The van der Waals surface area contributed by atoms with Crippen LogP contribution in [0.15, 0.2) is 53.3 Å². The van der Waals surface area contributed by atoms with Gasteiger partial charge in [-0.05, 0) is 24.5 Å². The molecule has 4 atom stereocenters. The third-order valence-electron chi connectivity index (χ3n) is 5.91. The summed E-state index contributed by atoms with van der Waals surface area (Å²) in [5, 5.41) is 9.92. The van der Waals surface area contributed by atoms with Crippen molar-refractivity contribution < 1.29 is 9.90 Å². The van der Waals surface area contributed by atoms with E-state index in [9.17, 15) is 14.7 Å². The Balaban J connectivity index is 1.56. The maximum atomic E-state index is 13.0. The lowest BCUT2D eigenvalue weighted by atomic mass is 9.78. The third-order valence-corrected chi connectivity index (χ3v) is 5.91. The second-order valence-corrected chi connectivity index (χ2v) is 7.64. The van der Waals surface area contributed by atoms with Crippen molar-refractivity contribution in [1.29, 1.82) is 0 Å². The molecule has 1 amide bonds. The average molecular weight is 367 g/mol. The molecule has 142 valence electrons. The number of piperidine rings is 1. The highest BCUT2D eigenvalue weighted by Gasteiger charge is 2.42. The lowest BCUT2D eigenvalue weighted by molar-refractivity contribution is -0.136. The fourth-order valence-corrected chi connectivity index (χ4v) is 4.65. The molecule has 6 heteroatoms. The molecule has 0 unspecified atom stereocenters. The Morgan fingerprint density at radius 1 is 1.15 bits per heavy atom. The molecule has 4 rings (SSSR count). The Hall–Kier alpha value is -2.44. The first-order valence-corrected chi connectivity index (χ1v) is 9.49. The van der Waals surface area contributed by atoms with Crippen LogP contribution >= 0.6 is 0 Å². The van der Waals surface area contributed by atoms with Gasteiger partial charge in [0.1, 0.15) is 0 Å². The predicted octanol–water partition coefficient (Wildman–Crippen LogP) is 0.897. The lowest BCUT2D eigenvalue weighted by Crippen LogP contribution is -2.55. The van der Waals surface area contributed by atoms with Crippen molar-refractivity contribution in [2.45, 2.75) is 30.8 Å². The number of nitrogens with two attached hydrogens (primary N) is 1. The Morgan fingerprint density at radius 3 is 2.67 bits per heavy atom. The summed E-state index contributed by atoms with van der Waals surface area (Å²) < 4.78 is 1.73. The molecule has 27 heavy (non-hydrogen) atoms. The Bertz CT molecular complexity index is 880. The highest BCUT2D eigenvalue weighted by Crippen LogP contribution is 2.40. The van der Waals surface area contributed by atoms with Crippen LogP contribution in [-0.2, 0) is 11.2 Å². The number of hydrogen-bond donors (Lipinski definition) is 2. The van der Waals surface area contributed by atoms with E-state index < -0.39 is 6.04 Å². The molecule has 2 bridgehead atoms. The minimum Gasteiger partial charge on any atom is -0.394 e. The smallest absolute Gasteiger partial charge is 0.251 e. The van der Waals surface area contributed by atoms with E-state index >= 15 is 0 Å². The molecule has 0 saturated carbocycles. The number of amides is 1. The van der Waals surface area contributed by atoms with Gasteiger partial charge in [0.25, 0.3) is 5.56 Å². The first kappa shape index (κ1) is 17.9. The number of aliphatic hydroxyl groups is 1. The zero-order chi connectivity index (χ0) is 19.0. The van der Waals surface area contributed by atoms with E-state index in [-0.39, 0.29) is 36.0 Å². The summed E-state index contributed by atoms with van der Waals surface area (Å²) in [6.07, 6.45) is 1.39. The van der Waals surface area contributed by atoms with Gasteiger partial charge in [0.2, 0.25) is 5.91 Å².